The third-order valence-corrected chi connectivity index (χ3v) is 10.3. The van der Waals surface area contributed by atoms with Crippen LogP contribution in [-0.4, -0.2) is 4.57 Å². The number of rotatable bonds is 4. The topological polar surface area (TPSA) is 41.0 Å². The van der Waals surface area contributed by atoms with E-state index in [-0.39, 0.29) is 18.5 Å². The maximum Gasteiger partial charge on any atom is 0.0865 e. The molecular formula is C45H34N4. The van der Waals surface area contributed by atoms with E-state index >= 15 is 0 Å². The first-order valence-electron chi connectivity index (χ1n) is 17.1. The molecule has 2 atom stereocenters. The molecule has 1 aliphatic rings. The smallest absolute Gasteiger partial charge is 0.0865 e. The van der Waals surface area contributed by atoms with E-state index in [9.17, 15) is 0 Å². The van der Waals surface area contributed by atoms with Crippen LogP contribution < -0.4 is 16.0 Å². The van der Waals surface area contributed by atoms with Crippen molar-refractivity contribution in [3.8, 4) is 5.69 Å². The molecule has 0 bridgehead atoms. The fourth-order valence-electron chi connectivity index (χ4n) is 8.06. The highest BCUT2D eigenvalue weighted by atomic mass is 15.4. The Labute approximate surface area is 284 Å². The Hall–Kier alpha value is -5.78. The van der Waals surface area contributed by atoms with Crippen molar-refractivity contribution < 1.29 is 0 Å². The van der Waals surface area contributed by atoms with E-state index in [4.69, 9.17) is 0 Å². The van der Waals surface area contributed by atoms with Gasteiger partial charge in [0.25, 0.3) is 0 Å². The highest BCUT2D eigenvalue weighted by Gasteiger charge is 2.30. The van der Waals surface area contributed by atoms with Crippen LogP contribution in [0.25, 0.3) is 59.8 Å². The fraction of sp³-hybridized carbons (Fsp3) is 0.0667. The maximum absolute atomic E-state index is 3.88. The lowest BCUT2D eigenvalue weighted by Crippen LogP contribution is -2.54. The minimum Gasteiger partial charge on any atom is -0.309 e. The third kappa shape index (κ3) is 4.57. The lowest BCUT2D eigenvalue weighted by Gasteiger charge is -2.39. The maximum atomic E-state index is 3.88. The van der Waals surface area contributed by atoms with Crippen molar-refractivity contribution in [2.75, 3.05) is 0 Å². The number of nitrogens with one attached hydrogen (secondary N) is 3. The minimum absolute atomic E-state index is 0.0295. The van der Waals surface area contributed by atoms with Crippen molar-refractivity contribution in [1.82, 2.24) is 20.5 Å². The summed E-state index contributed by atoms with van der Waals surface area (Å²) in [5.41, 5.74) is 7.19. The summed E-state index contributed by atoms with van der Waals surface area (Å²) in [6.45, 7) is 0. The van der Waals surface area contributed by atoms with E-state index < -0.39 is 0 Å². The van der Waals surface area contributed by atoms with Gasteiger partial charge >= 0.3 is 0 Å². The molecule has 0 spiro atoms. The van der Waals surface area contributed by atoms with Gasteiger partial charge in [0.05, 0.1) is 29.5 Å². The Morgan fingerprint density at radius 1 is 0.367 bits per heavy atom. The minimum atomic E-state index is -0.0915. The Kier molecular flexibility index (Phi) is 6.59. The first kappa shape index (κ1) is 28.3. The molecule has 4 nitrogen and oxygen atoms in total. The molecule has 10 rings (SSSR count). The molecular weight excluding hydrogens is 597 g/mol. The summed E-state index contributed by atoms with van der Waals surface area (Å²) in [6, 6.07) is 61.5. The van der Waals surface area contributed by atoms with Crippen molar-refractivity contribution in [1.29, 1.82) is 0 Å². The summed E-state index contributed by atoms with van der Waals surface area (Å²) in [5.74, 6) is 0. The Balaban J connectivity index is 1.21. The number of benzene rings is 8. The van der Waals surface area contributed by atoms with Crippen LogP contribution in [0.1, 0.15) is 35.2 Å². The van der Waals surface area contributed by atoms with Gasteiger partial charge < -0.3 is 4.57 Å². The molecule has 1 aliphatic heterocycles. The third-order valence-electron chi connectivity index (χ3n) is 10.3. The SMILES string of the molecule is c1ccc(C2NC(c3ccccc3)NC(c3cccc(-n4c5ccccc5c5c6c7ccccc7ccc6c6ccccc6c54)c3)N2)cc1. The largest absolute Gasteiger partial charge is 0.309 e. The number of hydrogen-bond acceptors (Lipinski definition) is 3. The van der Waals surface area contributed by atoms with E-state index in [1.54, 1.807) is 0 Å². The molecule has 3 N–H and O–H groups in total. The van der Waals surface area contributed by atoms with E-state index in [1.807, 2.05) is 0 Å². The summed E-state index contributed by atoms with van der Waals surface area (Å²) in [6.07, 6.45) is -0.150. The van der Waals surface area contributed by atoms with Gasteiger partial charge in [0, 0.05) is 27.2 Å². The van der Waals surface area contributed by atoms with Crippen LogP contribution in [0, 0.1) is 0 Å². The molecule has 9 aromatic rings. The Bertz CT molecular complexity index is 2610. The van der Waals surface area contributed by atoms with Crippen LogP contribution in [-0.2, 0) is 0 Å². The lowest BCUT2D eigenvalue weighted by atomic mass is 9.93. The van der Waals surface area contributed by atoms with Crippen LogP contribution in [0.3, 0.4) is 0 Å². The fourth-order valence-corrected chi connectivity index (χ4v) is 8.06. The van der Waals surface area contributed by atoms with Crippen molar-refractivity contribution in [2.24, 2.45) is 0 Å². The zero-order valence-electron chi connectivity index (χ0n) is 26.8. The highest BCUT2D eigenvalue weighted by Crippen LogP contribution is 2.44. The zero-order valence-corrected chi connectivity index (χ0v) is 26.8. The lowest BCUT2D eigenvalue weighted by molar-refractivity contribution is 0.203. The van der Waals surface area contributed by atoms with Crippen LogP contribution in [0.15, 0.2) is 170 Å². The quantitative estimate of drug-likeness (QED) is 0.170. The molecule has 4 heteroatoms. The summed E-state index contributed by atoms with van der Waals surface area (Å²) < 4.78 is 2.49. The van der Waals surface area contributed by atoms with Crippen LogP contribution in [0.4, 0.5) is 0 Å². The van der Waals surface area contributed by atoms with E-state index in [1.165, 1.54) is 70.8 Å². The molecule has 8 aromatic carbocycles. The number of aromatic nitrogens is 1. The molecule has 1 fully saturated rings. The second-order valence-electron chi connectivity index (χ2n) is 13.0. The molecule has 1 aromatic heterocycles. The molecule has 0 radical (unpaired) electrons. The van der Waals surface area contributed by atoms with Crippen LogP contribution >= 0.6 is 0 Å². The molecule has 234 valence electrons. The molecule has 0 amide bonds. The monoisotopic (exact) mass is 630 g/mol. The van der Waals surface area contributed by atoms with Gasteiger partial charge in [-0.25, -0.2) is 0 Å². The second-order valence-corrected chi connectivity index (χ2v) is 13.0. The van der Waals surface area contributed by atoms with Crippen LogP contribution in [0.2, 0.25) is 0 Å². The molecule has 0 aliphatic carbocycles. The molecule has 2 heterocycles. The van der Waals surface area contributed by atoms with Crippen molar-refractivity contribution in [3.63, 3.8) is 0 Å². The number of fused-ring (bicyclic) bond motifs is 10. The number of hydrogen-bond donors (Lipinski definition) is 3. The van der Waals surface area contributed by atoms with E-state index in [0.29, 0.717) is 0 Å². The van der Waals surface area contributed by atoms with Gasteiger partial charge in [-0.3, -0.25) is 16.0 Å². The molecule has 2 unspecified atom stereocenters. The normalized spacial score (nSPS) is 18.2. The summed E-state index contributed by atoms with van der Waals surface area (Å²) in [4.78, 5) is 0. The van der Waals surface area contributed by atoms with Gasteiger partial charge in [-0.1, -0.05) is 152 Å². The first-order valence-corrected chi connectivity index (χ1v) is 17.1. The zero-order chi connectivity index (χ0) is 32.3. The standard InChI is InChI=1S/C45H34N4/c1-3-15-30(16-4-1)43-46-44(31-17-5-2-6-18-31)48-45(47-43)32-19-13-20-33(28-32)49-39-25-12-11-24-38(39)41-40-34-21-8-7-14-29(34)26-27-36(40)35-22-9-10-23-37(35)42(41)49/h1-28,43-48H. The van der Waals surface area contributed by atoms with Crippen molar-refractivity contribution in [3.05, 3.63) is 187 Å². The van der Waals surface area contributed by atoms with Crippen LogP contribution in [0.5, 0.6) is 0 Å². The number of para-hydroxylation sites is 1. The molecule has 1 saturated heterocycles. The summed E-state index contributed by atoms with van der Waals surface area (Å²) >= 11 is 0. The highest BCUT2D eigenvalue weighted by molar-refractivity contribution is 6.36. The van der Waals surface area contributed by atoms with Gasteiger partial charge in [0.2, 0.25) is 0 Å². The average Bonchev–Trinajstić information content (AvgIpc) is 3.54. The summed E-state index contributed by atoms with van der Waals surface area (Å²) in [7, 11) is 0. The van der Waals surface area contributed by atoms with Gasteiger partial charge in [0.1, 0.15) is 0 Å². The number of nitrogens with zero attached hydrogens (tertiary/aromatic N) is 1. The Morgan fingerprint density at radius 2 is 0.918 bits per heavy atom. The van der Waals surface area contributed by atoms with Gasteiger partial charge in [-0.05, 0) is 56.4 Å². The van der Waals surface area contributed by atoms with Gasteiger partial charge in [-0.15, -0.1) is 0 Å². The Morgan fingerprint density at radius 3 is 1.63 bits per heavy atom. The van der Waals surface area contributed by atoms with Gasteiger partial charge in [-0.2, -0.15) is 0 Å². The summed E-state index contributed by atoms with van der Waals surface area (Å²) in [5, 5.41) is 21.8. The van der Waals surface area contributed by atoms with Gasteiger partial charge in [0.15, 0.2) is 0 Å². The van der Waals surface area contributed by atoms with E-state index in [0.717, 1.165) is 5.69 Å². The molecule has 49 heavy (non-hydrogen) atoms. The second kappa shape index (κ2) is 11.4. The first-order chi connectivity index (χ1) is 24.3. The molecule has 0 saturated carbocycles. The predicted octanol–water partition coefficient (Wildman–Crippen LogP) is 10.4. The van der Waals surface area contributed by atoms with E-state index in [2.05, 4.69) is 190 Å². The van der Waals surface area contributed by atoms with Crippen molar-refractivity contribution >= 4 is 54.1 Å². The predicted molar refractivity (Wildman–Crippen MR) is 204 cm³/mol. The van der Waals surface area contributed by atoms with Crippen molar-refractivity contribution in [2.45, 2.75) is 18.5 Å². The average molecular weight is 631 g/mol.